The average molecular weight is 527 g/mol. The topological polar surface area (TPSA) is 58.6 Å². The third-order valence-corrected chi connectivity index (χ3v) is 6.22. The second kappa shape index (κ2) is 12.3. The van der Waals surface area contributed by atoms with E-state index < -0.39 is 11.6 Å². The SMILES string of the molecule is Cc1cccc(OCC(=O)N(Cc2c(Cl)cccc2Cl)[C@@H](Cc2ccccc2)C(=O)NC(C)(C)C)c1. The molecular weight excluding hydrogens is 495 g/mol. The van der Waals surface area contributed by atoms with Crippen LogP contribution in [0, 0.1) is 6.92 Å². The van der Waals surface area contributed by atoms with Gasteiger partial charge in [-0.2, -0.15) is 0 Å². The lowest BCUT2D eigenvalue weighted by Crippen LogP contribution is -2.55. The van der Waals surface area contributed by atoms with E-state index in [9.17, 15) is 9.59 Å². The van der Waals surface area contributed by atoms with Crippen LogP contribution in [-0.4, -0.2) is 34.9 Å². The summed E-state index contributed by atoms with van der Waals surface area (Å²) in [5.41, 5.74) is 2.03. The van der Waals surface area contributed by atoms with E-state index in [1.54, 1.807) is 24.3 Å². The van der Waals surface area contributed by atoms with Crippen molar-refractivity contribution < 1.29 is 14.3 Å². The second-order valence-corrected chi connectivity index (χ2v) is 10.6. The maximum atomic E-state index is 13.7. The molecule has 0 aliphatic carbocycles. The van der Waals surface area contributed by atoms with Gasteiger partial charge in [0.05, 0.1) is 0 Å². The average Bonchev–Trinajstić information content (AvgIpc) is 2.81. The van der Waals surface area contributed by atoms with Gasteiger partial charge in [0.1, 0.15) is 11.8 Å². The Morgan fingerprint density at radius 2 is 1.58 bits per heavy atom. The van der Waals surface area contributed by atoms with Crippen molar-refractivity contribution in [2.45, 2.75) is 52.2 Å². The highest BCUT2D eigenvalue weighted by molar-refractivity contribution is 6.36. The van der Waals surface area contributed by atoms with Crippen LogP contribution in [-0.2, 0) is 22.6 Å². The highest BCUT2D eigenvalue weighted by Crippen LogP contribution is 2.27. The lowest BCUT2D eigenvalue weighted by molar-refractivity contribution is -0.143. The first-order valence-electron chi connectivity index (χ1n) is 11.8. The molecule has 0 saturated heterocycles. The predicted octanol–water partition coefficient (Wildman–Crippen LogP) is 6.24. The van der Waals surface area contributed by atoms with Gasteiger partial charge in [-0.05, 0) is 63.1 Å². The van der Waals surface area contributed by atoms with Crippen molar-refractivity contribution >= 4 is 35.0 Å². The molecule has 36 heavy (non-hydrogen) atoms. The molecule has 7 heteroatoms. The molecule has 0 spiro atoms. The largest absolute Gasteiger partial charge is 0.484 e. The minimum absolute atomic E-state index is 0.0591. The summed E-state index contributed by atoms with van der Waals surface area (Å²) >= 11 is 12.9. The highest BCUT2D eigenvalue weighted by Gasteiger charge is 2.33. The molecule has 0 aliphatic rings. The van der Waals surface area contributed by atoms with Gasteiger partial charge in [-0.3, -0.25) is 9.59 Å². The molecule has 0 radical (unpaired) electrons. The number of aryl methyl sites for hydroxylation is 1. The van der Waals surface area contributed by atoms with Crippen LogP contribution < -0.4 is 10.1 Å². The predicted molar refractivity (Wildman–Crippen MR) is 146 cm³/mol. The zero-order valence-electron chi connectivity index (χ0n) is 21.1. The Balaban J connectivity index is 1.98. The first-order chi connectivity index (χ1) is 17.0. The summed E-state index contributed by atoms with van der Waals surface area (Å²) in [5.74, 6) is -0.0336. The second-order valence-electron chi connectivity index (χ2n) is 9.77. The number of nitrogens with zero attached hydrogens (tertiary/aromatic N) is 1. The van der Waals surface area contributed by atoms with Gasteiger partial charge >= 0.3 is 0 Å². The molecule has 3 aromatic carbocycles. The van der Waals surface area contributed by atoms with Crippen molar-refractivity contribution in [2.24, 2.45) is 0 Å². The van der Waals surface area contributed by atoms with Crippen LogP contribution in [0.3, 0.4) is 0 Å². The van der Waals surface area contributed by atoms with Crippen LogP contribution >= 0.6 is 23.2 Å². The fourth-order valence-corrected chi connectivity index (χ4v) is 4.31. The van der Waals surface area contributed by atoms with Gasteiger partial charge < -0.3 is 15.0 Å². The molecule has 3 aromatic rings. The van der Waals surface area contributed by atoms with Crippen molar-refractivity contribution in [1.82, 2.24) is 10.2 Å². The van der Waals surface area contributed by atoms with Crippen molar-refractivity contribution in [3.05, 3.63) is 99.5 Å². The molecule has 0 aliphatic heterocycles. The van der Waals surface area contributed by atoms with E-state index in [0.717, 1.165) is 11.1 Å². The van der Waals surface area contributed by atoms with Gasteiger partial charge in [0.15, 0.2) is 6.61 Å². The van der Waals surface area contributed by atoms with Gasteiger partial charge in [-0.15, -0.1) is 0 Å². The normalized spacial score (nSPS) is 12.1. The van der Waals surface area contributed by atoms with Gasteiger partial charge in [-0.25, -0.2) is 0 Å². The Morgan fingerprint density at radius 1 is 0.944 bits per heavy atom. The molecule has 1 N–H and O–H groups in total. The number of hydrogen-bond acceptors (Lipinski definition) is 3. The number of nitrogens with one attached hydrogen (secondary N) is 1. The summed E-state index contributed by atoms with van der Waals surface area (Å²) in [6.45, 7) is 7.49. The minimum Gasteiger partial charge on any atom is -0.484 e. The number of ether oxygens (including phenoxy) is 1. The van der Waals surface area contributed by atoms with Crippen LogP contribution in [0.25, 0.3) is 0 Å². The van der Waals surface area contributed by atoms with Crippen LogP contribution in [0.5, 0.6) is 5.75 Å². The number of hydrogen-bond donors (Lipinski definition) is 1. The van der Waals surface area contributed by atoms with Crippen LogP contribution in [0.2, 0.25) is 10.0 Å². The molecule has 5 nitrogen and oxygen atoms in total. The summed E-state index contributed by atoms with van der Waals surface area (Å²) in [7, 11) is 0. The molecular formula is C29H32Cl2N2O3. The zero-order valence-corrected chi connectivity index (χ0v) is 22.6. The summed E-state index contributed by atoms with van der Waals surface area (Å²) in [6.07, 6.45) is 0.320. The molecule has 3 rings (SSSR count). The number of carbonyl (C=O) groups is 2. The number of carbonyl (C=O) groups excluding carboxylic acids is 2. The van der Waals surface area contributed by atoms with Crippen LogP contribution in [0.1, 0.15) is 37.5 Å². The molecule has 2 amide bonds. The third-order valence-electron chi connectivity index (χ3n) is 5.51. The molecule has 0 aromatic heterocycles. The first-order valence-corrected chi connectivity index (χ1v) is 12.6. The van der Waals surface area contributed by atoms with Gasteiger partial charge in [-0.1, -0.05) is 71.7 Å². The molecule has 1 atom stereocenters. The quantitative estimate of drug-likeness (QED) is 0.359. The van der Waals surface area contributed by atoms with Gasteiger partial charge in [0.2, 0.25) is 5.91 Å². The molecule has 0 heterocycles. The van der Waals surface area contributed by atoms with E-state index in [1.165, 1.54) is 4.90 Å². The molecule has 0 bridgehead atoms. The molecule has 0 unspecified atom stereocenters. The smallest absolute Gasteiger partial charge is 0.261 e. The summed E-state index contributed by atoms with van der Waals surface area (Å²) in [5, 5.41) is 3.88. The number of halogens is 2. The van der Waals surface area contributed by atoms with Crippen molar-refractivity contribution in [2.75, 3.05) is 6.61 Å². The number of rotatable bonds is 9. The van der Waals surface area contributed by atoms with E-state index in [1.807, 2.05) is 76.2 Å². The van der Waals surface area contributed by atoms with Gasteiger partial charge in [0.25, 0.3) is 5.91 Å². The Kier molecular flexibility index (Phi) is 9.41. The molecule has 0 fully saturated rings. The molecule has 0 saturated carbocycles. The minimum atomic E-state index is -0.812. The Bertz CT molecular complexity index is 1170. The van der Waals surface area contributed by atoms with Gasteiger partial charge in [0, 0.05) is 34.1 Å². The van der Waals surface area contributed by atoms with E-state index in [0.29, 0.717) is 27.8 Å². The number of benzene rings is 3. The van der Waals surface area contributed by atoms with E-state index >= 15 is 0 Å². The zero-order chi connectivity index (χ0) is 26.3. The standard InChI is InChI=1S/C29H32Cl2N2O3/c1-20-10-8-13-22(16-20)36-19-27(34)33(18-23-24(30)14-9-15-25(23)31)26(28(35)32-29(2,3)4)17-21-11-6-5-7-12-21/h5-16,26H,17-19H2,1-4H3,(H,32,35)/t26-/m0/s1. The van der Waals surface area contributed by atoms with E-state index in [2.05, 4.69) is 5.32 Å². The maximum Gasteiger partial charge on any atom is 0.261 e. The van der Waals surface area contributed by atoms with E-state index in [-0.39, 0.29) is 25.0 Å². The Labute approximate surface area is 223 Å². The number of amides is 2. The molecule has 190 valence electrons. The highest BCUT2D eigenvalue weighted by atomic mass is 35.5. The monoisotopic (exact) mass is 526 g/mol. The van der Waals surface area contributed by atoms with Crippen LogP contribution in [0.4, 0.5) is 0 Å². The van der Waals surface area contributed by atoms with E-state index in [4.69, 9.17) is 27.9 Å². The first kappa shape index (κ1) is 27.6. The fourth-order valence-electron chi connectivity index (χ4n) is 3.79. The summed E-state index contributed by atoms with van der Waals surface area (Å²) in [6, 6.07) is 21.4. The van der Waals surface area contributed by atoms with Crippen molar-refractivity contribution in [3.8, 4) is 5.75 Å². The van der Waals surface area contributed by atoms with Crippen LogP contribution in [0.15, 0.2) is 72.8 Å². The Morgan fingerprint density at radius 3 is 2.19 bits per heavy atom. The summed E-state index contributed by atoms with van der Waals surface area (Å²) in [4.78, 5) is 28.8. The lowest BCUT2D eigenvalue weighted by Gasteiger charge is -2.34. The lowest BCUT2D eigenvalue weighted by atomic mass is 10.0. The fraction of sp³-hybridized carbons (Fsp3) is 0.310. The van der Waals surface area contributed by atoms with Crippen molar-refractivity contribution in [3.63, 3.8) is 0 Å². The third kappa shape index (κ3) is 8.00. The van der Waals surface area contributed by atoms with Crippen molar-refractivity contribution in [1.29, 1.82) is 0 Å². The summed E-state index contributed by atoms with van der Waals surface area (Å²) < 4.78 is 5.82. The maximum absolute atomic E-state index is 13.7. The Hall–Kier alpha value is -3.02.